The molecule has 0 unspecified atom stereocenters. The number of aryl methyl sites for hydroxylation is 1. The zero-order chi connectivity index (χ0) is 19.7. The number of carbonyl (C=O) groups excluding carboxylic acids is 1. The van der Waals surface area contributed by atoms with Crippen molar-refractivity contribution in [2.45, 2.75) is 20.3 Å². The molecule has 0 bridgehead atoms. The number of fused-ring (bicyclic) bond motifs is 1. The van der Waals surface area contributed by atoms with Crippen molar-refractivity contribution in [3.63, 3.8) is 0 Å². The predicted molar refractivity (Wildman–Crippen MR) is 116 cm³/mol. The first-order valence-electron chi connectivity index (χ1n) is 9.13. The molecule has 1 amide bonds. The van der Waals surface area contributed by atoms with E-state index in [1.54, 1.807) is 11.3 Å². The van der Waals surface area contributed by atoms with Crippen molar-refractivity contribution >= 4 is 39.5 Å². The number of hydrogen-bond acceptors (Lipinski definition) is 3. The highest BCUT2D eigenvalue weighted by Crippen LogP contribution is 2.26. The Morgan fingerprint density at radius 2 is 2.00 bits per heavy atom. The highest BCUT2D eigenvalue weighted by atomic mass is 35.5. The van der Waals surface area contributed by atoms with Gasteiger partial charge in [-0.3, -0.25) is 9.20 Å². The van der Waals surface area contributed by atoms with Crippen molar-refractivity contribution < 1.29 is 4.79 Å². The minimum absolute atomic E-state index is 0.0783. The van der Waals surface area contributed by atoms with Crippen LogP contribution in [-0.4, -0.2) is 21.8 Å². The Bertz CT molecular complexity index is 1130. The number of nitrogens with zero attached hydrogens (tertiary/aromatic N) is 3. The molecule has 0 saturated carbocycles. The summed E-state index contributed by atoms with van der Waals surface area (Å²) in [4.78, 5) is 20.4. The Morgan fingerprint density at radius 3 is 2.71 bits per heavy atom. The van der Waals surface area contributed by atoms with Gasteiger partial charge in [0.2, 0.25) is 5.91 Å². The fraction of sp³-hybridized carbons (Fsp3) is 0.182. The van der Waals surface area contributed by atoms with Crippen LogP contribution in [0.15, 0.2) is 60.1 Å². The zero-order valence-corrected chi connectivity index (χ0v) is 17.3. The number of imidazole rings is 1. The Kier molecular flexibility index (Phi) is 5.20. The van der Waals surface area contributed by atoms with Crippen LogP contribution >= 0.6 is 22.9 Å². The van der Waals surface area contributed by atoms with Crippen LogP contribution in [0.25, 0.3) is 16.2 Å². The van der Waals surface area contributed by atoms with Crippen molar-refractivity contribution in [1.82, 2.24) is 9.38 Å². The first-order chi connectivity index (χ1) is 13.5. The molecule has 4 aromatic rings. The van der Waals surface area contributed by atoms with Gasteiger partial charge < -0.3 is 4.90 Å². The van der Waals surface area contributed by atoms with Gasteiger partial charge in [0.05, 0.1) is 12.1 Å². The number of amides is 1. The molecule has 2 aromatic carbocycles. The summed E-state index contributed by atoms with van der Waals surface area (Å²) < 4.78 is 2.01. The molecule has 2 aromatic heterocycles. The molecule has 4 rings (SSSR count). The molecule has 0 spiro atoms. The Hall–Kier alpha value is -2.63. The topological polar surface area (TPSA) is 37.6 Å². The number of halogens is 1. The summed E-state index contributed by atoms with van der Waals surface area (Å²) in [7, 11) is 0. The molecule has 6 heteroatoms. The van der Waals surface area contributed by atoms with E-state index in [1.807, 2.05) is 83.3 Å². The molecule has 0 aliphatic carbocycles. The van der Waals surface area contributed by atoms with Crippen LogP contribution in [0.3, 0.4) is 0 Å². The molecule has 0 aliphatic rings. The maximum absolute atomic E-state index is 13.0. The molecule has 4 nitrogen and oxygen atoms in total. The van der Waals surface area contributed by atoms with E-state index in [4.69, 9.17) is 11.6 Å². The van der Waals surface area contributed by atoms with Crippen LogP contribution in [0.1, 0.15) is 18.2 Å². The van der Waals surface area contributed by atoms with Gasteiger partial charge in [-0.1, -0.05) is 35.9 Å². The lowest BCUT2D eigenvalue weighted by Crippen LogP contribution is -2.32. The summed E-state index contributed by atoms with van der Waals surface area (Å²) in [5.41, 5.74) is 4.91. The SMILES string of the molecule is CCN(C(=O)Cc1csc2nc(-c3ccc(Cl)cc3)cn12)c1cccc(C)c1. The van der Waals surface area contributed by atoms with E-state index in [1.165, 1.54) is 0 Å². The summed E-state index contributed by atoms with van der Waals surface area (Å²) in [5.74, 6) is 0.0783. The number of aromatic nitrogens is 2. The molecular formula is C22H20ClN3OS. The highest BCUT2D eigenvalue weighted by molar-refractivity contribution is 7.15. The van der Waals surface area contributed by atoms with Crippen molar-refractivity contribution in [3.05, 3.63) is 76.4 Å². The number of thiazole rings is 1. The van der Waals surface area contributed by atoms with Crippen molar-refractivity contribution in [3.8, 4) is 11.3 Å². The lowest BCUT2D eigenvalue weighted by Gasteiger charge is -2.21. The minimum atomic E-state index is 0.0783. The fourth-order valence-corrected chi connectivity index (χ4v) is 4.26. The third kappa shape index (κ3) is 3.68. The molecule has 28 heavy (non-hydrogen) atoms. The number of carbonyl (C=O) groups is 1. The van der Waals surface area contributed by atoms with Gasteiger partial charge in [0.1, 0.15) is 0 Å². The van der Waals surface area contributed by atoms with Gasteiger partial charge in [0, 0.05) is 40.1 Å². The van der Waals surface area contributed by atoms with E-state index in [-0.39, 0.29) is 5.91 Å². The number of likely N-dealkylation sites (N-methyl/N-ethyl adjacent to an activating group) is 1. The minimum Gasteiger partial charge on any atom is -0.312 e. The summed E-state index contributed by atoms with van der Waals surface area (Å²) >= 11 is 7.52. The van der Waals surface area contributed by atoms with Crippen LogP contribution in [0, 0.1) is 6.92 Å². The third-order valence-electron chi connectivity index (χ3n) is 4.69. The summed E-state index contributed by atoms with van der Waals surface area (Å²) in [6, 6.07) is 15.7. The second-order valence-corrected chi connectivity index (χ2v) is 7.94. The van der Waals surface area contributed by atoms with Gasteiger partial charge in [-0.05, 0) is 43.7 Å². The lowest BCUT2D eigenvalue weighted by molar-refractivity contribution is -0.118. The van der Waals surface area contributed by atoms with Gasteiger partial charge >= 0.3 is 0 Å². The maximum Gasteiger partial charge on any atom is 0.232 e. The smallest absolute Gasteiger partial charge is 0.232 e. The van der Waals surface area contributed by atoms with Crippen molar-refractivity contribution in [2.24, 2.45) is 0 Å². The molecular weight excluding hydrogens is 390 g/mol. The fourth-order valence-electron chi connectivity index (χ4n) is 3.27. The summed E-state index contributed by atoms with van der Waals surface area (Å²) in [6.45, 7) is 4.67. The van der Waals surface area contributed by atoms with Crippen LogP contribution in [0.5, 0.6) is 0 Å². The quantitative estimate of drug-likeness (QED) is 0.429. The number of rotatable bonds is 5. The third-order valence-corrected chi connectivity index (χ3v) is 5.83. The molecule has 0 aliphatic heterocycles. The van der Waals surface area contributed by atoms with E-state index >= 15 is 0 Å². The van der Waals surface area contributed by atoms with Crippen LogP contribution in [-0.2, 0) is 11.2 Å². The van der Waals surface area contributed by atoms with Gasteiger partial charge in [-0.25, -0.2) is 4.98 Å². The molecule has 0 fully saturated rings. The van der Waals surface area contributed by atoms with E-state index in [9.17, 15) is 4.79 Å². The molecule has 0 saturated heterocycles. The Morgan fingerprint density at radius 1 is 1.21 bits per heavy atom. The molecule has 2 heterocycles. The van der Waals surface area contributed by atoms with Crippen molar-refractivity contribution in [2.75, 3.05) is 11.4 Å². The molecule has 0 N–H and O–H groups in total. The normalized spacial score (nSPS) is 11.1. The highest BCUT2D eigenvalue weighted by Gasteiger charge is 2.18. The monoisotopic (exact) mass is 409 g/mol. The van der Waals surface area contributed by atoms with Gasteiger partial charge in [0.25, 0.3) is 0 Å². The van der Waals surface area contributed by atoms with E-state index < -0.39 is 0 Å². The summed E-state index contributed by atoms with van der Waals surface area (Å²) in [6.07, 6.45) is 2.32. The van der Waals surface area contributed by atoms with Crippen LogP contribution in [0.2, 0.25) is 5.02 Å². The van der Waals surface area contributed by atoms with Crippen molar-refractivity contribution in [1.29, 1.82) is 0 Å². The number of anilines is 1. The van der Waals surface area contributed by atoms with Gasteiger partial charge in [-0.2, -0.15) is 0 Å². The Labute approximate surface area is 173 Å². The predicted octanol–water partition coefficient (Wildman–Crippen LogP) is 5.62. The van der Waals surface area contributed by atoms with E-state index in [2.05, 4.69) is 4.98 Å². The molecule has 0 atom stereocenters. The van der Waals surface area contributed by atoms with Crippen LogP contribution < -0.4 is 4.90 Å². The molecule has 0 radical (unpaired) electrons. The van der Waals surface area contributed by atoms with Gasteiger partial charge in [-0.15, -0.1) is 11.3 Å². The Balaban J connectivity index is 1.60. The van der Waals surface area contributed by atoms with E-state index in [0.717, 1.165) is 33.2 Å². The second kappa shape index (κ2) is 7.78. The average Bonchev–Trinajstić information content (AvgIpc) is 3.25. The standard InChI is InChI=1S/C22H20ClN3OS/c1-3-25(18-6-4-5-15(2)11-18)21(27)12-19-14-28-22-24-20(13-26(19)22)16-7-9-17(23)10-8-16/h4-11,13-14H,3,12H2,1-2H3. The zero-order valence-electron chi connectivity index (χ0n) is 15.7. The number of benzene rings is 2. The summed E-state index contributed by atoms with van der Waals surface area (Å²) in [5, 5.41) is 2.71. The molecule has 142 valence electrons. The van der Waals surface area contributed by atoms with Gasteiger partial charge in [0.15, 0.2) is 4.96 Å². The maximum atomic E-state index is 13.0. The number of hydrogen-bond donors (Lipinski definition) is 0. The second-order valence-electron chi connectivity index (χ2n) is 6.67. The first kappa shape index (κ1) is 18.7. The average molecular weight is 410 g/mol. The van der Waals surface area contributed by atoms with E-state index in [0.29, 0.717) is 18.0 Å². The first-order valence-corrected chi connectivity index (χ1v) is 10.4. The lowest BCUT2D eigenvalue weighted by atomic mass is 10.2. The largest absolute Gasteiger partial charge is 0.312 e. The van der Waals surface area contributed by atoms with Crippen LogP contribution in [0.4, 0.5) is 5.69 Å².